The predicted molar refractivity (Wildman–Crippen MR) is 70.4 cm³/mol. The molecule has 0 bridgehead atoms. The van der Waals surface area contributed by atoms with Crippen LogP contribution in [0.3, 0.4) is 0 Å². The molecule has 0 unspecified atom stereocenters. The number of amides is 1. The van der Waals surface area contributed by atoms with Gasteiger partial charge in [-0.1, -0.05) is 17.7 Å². The highest BCUT2D eigenvalue weighted by Gasteiger charge is 2.17. The van der Waals surface area contributed by atoms with E-state index in [1.807, 2.05) is 0 Å². The summed E-state index contributed by atoms with van der Waals surface area (Å²) in [6, 6.07) is 4.88. The van der Waals surface area contributed by atoms with E-state index in [0.29, 0.717) is 18.7 Å². The van der Waals surface area contributed by atoms with Crippen molar-refractivity contribution >= 4 is 29.2 Å². The molecule has 6 heteroatoms. The second-order valence-electron chi connectivity index (χ2n) is 3.78. The number of anilines is 1. The number of nitrogens with one attached hydrogen (secondary N) is 1. The Morgan fingerprint density at radius 3 is 2.67 bits per heavy atom. The van der Waals surface area contributed by atoms with Crippen molar-refractivity contribution < 1.29 is 14.7 Å². The van der Waals surface area contributed by atoms with Gasteiger partial charge in [0.05, 0.1) is 10.7 Å². The van der Waals surface area contributed by atoms with Crippen molar-refractivity contribution in [1.82, 2.24) is 5.32 Å². The number of benzene rings is 1. The molecule has 0 saturated carbocycles. The highest BCUT2D eigenvalue weighted by molar-refractivity contribution is 6.34. The van der Waals surface area contributed by atoms with Gasteiger partial charge in [-0.25, -0.2) is 4.79 Å². The van der Waals surface area contributed by atoms with Crippen LogP contribution in [0.15, 0.2) is 18.2 Å². The van der Waals surface area contributed by atoms with E-state index in [9.17, 15) is 9.59 Å². The lowest BCUT2D eigenvalue weighted by molar-refractivity contribution is -0.120. The number of nitrogens with zero attached hydrogens (tertiary/aromatic N) is 1. The molecule has 0 aromatic heterocycles. The highest BCUT2D eigenvalue weighted by atomic mass is 35.5. The molecule has 0 aliphatic rings. The monoisotopic (exact) mass is 270 g/mol. The fraction of sp³-hybridized carbons (Fsp3) is 0.333. The number of hydrogen-bond donors (Lipinski definition) is 2. The zero-order chi connectivity index (χ0) is 13.7. The largest absolute Gasteiger partial charge is 0.478 e. The van der Waals surface area contributed by atoms with E-state index in [2.05, 4.69) is 5.32 Å². The Labute approximate surface area is 110 Å². The van der Waals surface area contributed by atoms with E-state index < -0.39 is 5.97 Å². The lowest BCUT2D eigenvalue weighted by atomic mass is 10.1. The number of aromatic carboxylic acids is 1. The Balaban J connectivity index is 2.92. The molecular formula is C12H15ClN2O3. The number of carboxylic acid groups (broad SMARTS) is 1. The predicted octanol–water partition coefficient (Wildman–Crippen LogP) is 1.61. The molecule has 0 heterocycles. The van der Waals surface area contributed by atoms with E-state index >= 15 is 0 Å². The van der Waals surface area contributed by atoms with Gasteiger partial charge in [0.25, 0.3) is 0 Å². The van der Waals surface area contributed by atoms with E-state index in [-0.39, 0.29) is 16.5 Å². The molecule has 0 fully saturated rings. The Hall–Kier alpha value is -1.75. The van der Waals surface area contributed by atoms with Crippen molar-refractivity contribution in [3.05, 3.63) is 28.8 Å². The van der Waals surface area contributed by atoms with Gasteiger partial charge in [-0.05, 0) is 12.1 Å². The minimum absolute atomic E-state index is 0.0542. The van der Waals surface area contributed by atoms with Crippen LogP contribution in [-0.2, 0) is 4.79 Å². The quantitative estimate of drug-likeness (QED) is 0.853. The van der Waals surface area contributed by atoms with E-state index in [0.717, 1.165) is 0 Å². The molecule has 0 aliphatic heterocycles. The summed E-state index contributed by atoms with van der Waals surface area (Å²) < 4.78 is 0. The molecule has 18 heavy (non-hydrogen) atoms. The standard InChI is InChI=1S/C12H15ClN2O3/c1-14-10(16)6-7-15(2)9-5-3-4-8(13)11(9)12(17)18/h3-5H,6-7H2,1-2H3,(H,14,16)(H,17,18). The maximum atomic E-state index is 11.2. The summed E-state index contributed by atoms with van der Waals surface area (Å²) in [4.78, 5) is 24.0. The van der Waals surface area contributed by atoms with Crippen LogP contribution in [0.25, 0.3) is 0 Å². The van der Waals surface area contributed by atoms with Gasteiger partial charge in [0.1, 0.15) is 5.56 Å². The van der Waals surface area contributed by atoms with Crippen molar-refractivity contribution in [2.75, 3.05) is 25.5 Å². The second-order valence-corrected chi connectivity index (χ2v) is 4.19. The first kappa shape index (κ1) is 14.3. The first-order valence-corrected chi connectivity index (χ1v) is 5.78. The van der Waals surface area contributed by atoms with Crippen LogP contribution in [-0.4, -0.2) is 37.6 Å². The van der Waals surface area contributed by atoms with E-state index in [1.165, 1.54) is 6.07 Å². The summed E-state index contributed by atoms with van der Waals surface area (Å²) >= 11 is 5.87. The first-order valence-electron chi connectivity index (χ1n) is 5.41. The molecular weight excluding hydrogens is 256 g/mol. The molecule has 0 radical (unpaired) electrons. The summed E-state index contributed by atoms with van der Waals surface area (Å²) in [5, 5.41) is 11.8. The number of carbonyl (C=O) groups excluding carboxylic acids is 1. The second kappa shape index (κ2) is 6.26. The van der Waals surface area contributed by atoms with Crippen LogP contribution < -0.4 is 10.2 Å². The summed E-state index contributed by atoms with van der Waals surface area (Å²) in [5.41, 5.74) is 0.553. The van der Waals surface area contributed by atoms with Gasteiger partial charge >= 0.3 is 5.97 Å². The smallest absolute Gasteiger partial charge is 0.339 e. The molecule has 1 aromatic carbocycles. The summed E-state index contributed by atoms with van der Waals surface area (Å²) in [7, 11) is 3.28. The third-order valence-corrected chi connectivity index (χ3v) is 2.88. The Morgan fingerprint density at radius 1 is 1.44 bits per heavy atom. The Morgan fingerprint density at radius 2 is 2.11 bits per heavy atom. The fourth-order valence-electron chi connectivity index (χ4n) is 1.56. The van der Waals surface area contributed by atoms with E-state index in [4.69, 9.17) is 16.7 Å². The Kier molecular flexibility index (Phi) is 4.97. The molecule has 1 amide bonds. The molecule has 1 aromatic rings. The minimum atomic E-state index is -1.08. The third-order valence-electron chi connectivity index (χ3n) is 2.57. The highest BCUT2D eigenvalue weighted by Crippen LogP contribution is 2.26. The van der Waals surface area contributed by atoms with Gasteiger partial charge in [-0.15, -0.1) is 0 Å². The van der Waals surface area contributed by atoms with Crippen LogP contribution in [0.5, 0.6) is 0 Å². The average Bonchev–Trinajstić information content (AvgIpc) is 2.34. The van der Waals surface area contributed by atoms with Gasteiger partial charge < -0.3 is 15.3 Å². The van der Waals surface area contributed by atoms with E-state index in [1.54, 1.807) is 31.1 Å². The Bertz CT molecular complexity index is 463. The first-order chi connectivity index (χ1) is 8.47. The fourth-order valence-corrected chi connectivity index (χ4v) is 1.81. The summed E-state index contributed by atoms with van der Waals surface area (Å²) in [5.74, 6) is -1.18. The molecule has 2 N–H and O–H groups in total. The van der Waals surface area contributed by atoms with Crippen molar-refractivity contribution in [3.8, 4) is 0 Å². The van der Waals surface area contributed by atoms with Gasteiger partial charge in [-0.2, -0.15) is 0 Å². The molecule has 0 aliphatic carbocycles. The van der Waals surface area contributed by atoms with Crippen LogP contribution in [0.1, 0.15) is 16.8 Å². The normalized spacial score (nSPS) is 9.94. The number of halogens is 1. The molecule has 0 saturated heterocycles. The number of carbonyl (C=O) groups is 2. The van der Waals surface area contributed by atoms with Crippen molar-refractivity contribution in [2.24, 2.45) is 0 Å². The maximum Gasteiger partial charge on any atom is 0.339 e. The van der Waals surface area contributed by atoms with Gasteiger partial charge in [0.15, 0.2) is 0 Å². The van der Waals surface area contributed by atoms with Crippen molar-refractivity contribution in [2.45, 2.75) is 6.42 Å². The molecule has 98 valence electrons. The van der Waals surface area contributed by atoms with Gasteiger partial charge in [0.2, 0.25) is 5.91 Å². The number of rotatable bonds is 5. The summed E-state index contributed by atoms with van der Waals surface area (Å²) in [6.45, 7) is 0.417. The minimum Gasteiger partial charge on any atom is -0.478 e. The molecule has 5 nitrogen and oxygen atoms in total. The number of hydrogen-bond acceptors (Lipinski definition) is 3. The molecule has 1 rings (SSSR count). The summed E-state index contributed by atoms with van der Waals surface area (Å²) in [6.07, 6.45) is 0.290. The van der Waals surface area contributed by atoms with Crippen molar-refractivity contribution in [1.29, 1.82) is 0 Å². The van der Waals surface area contributed by atoms with Gasteiger partial charge in [0, 0.05) is 27.1 Å². The van der Waals surface area contributed by atoms with Gasteiger partial charge in [-0.3, -0.25) is 4.79 Å². The molecule has 0 spiro atoms. The lowest BCUT2D eigenvalue weighted by Crippen LogP contribution is -2.27. The van der Waals surface area contributed by atoms with Crippen molar-refractivity contribution in [3.63, 3.8) is 0 Å². The van der Waals surface area contributed by atoms with Crippen LogP contribution in [0, 0.1) is 0 Å². The zero-order valence-corrected chi connectivity index (χ0v) is 11.0. The lowest BCUT2D eigenvalue weighted by Gasteiger charge is -2.21. The number of carboxylic acids is 1. The zero-order valence-electron chi connectivity index (χ0n) is 10.2. The van der Waals surface area contributed by atoms with Crippen LogP contribution in [0.2, 0.25) is 5.02 Å². The maximum absolute atomic E-state index is 11.2. The topological polar surface area (TPSA) is 69.6 Å². The molecule has 0 atom stereocenters. The average molecular weight is 271 g/mol. The third kappa shape index (κ3) is 3.37. The SMILES string of the molecule is CNC(=O)CCN(C)c1cccc(Cl)c1C(=O)O. The van der Waals surface area contributed by atoms with Crippen LogP contribution in [0.4, 0.5) is 5.69 Å². The van der Waals surface area contributed by atoms with Crippen LogP contribution >= 0.6 is 11.6 Å².